The van der Waals surface area contributed by atoms with Gasteiger partial charge in [0.25, 0.3) is 0 Å². The number of benzene rings is 1. The van der Waals surface area contributed by atoms with Gasteiger partial charge in [-0.2, -0.15) is 17.6 Å². The molecule has 1 aromatic rings. The van der Waals surface area contributed by atoms with E-state index in [1.54, 1.807) is 0 Å². The van der Waals surface area contributed by atoms with E-state index in [0.717, 1.165) is 0 Å². The van der Waals surface area contributed by atoms with Crippen LogP contribution in [-0.2, 0) is 4.79 Å². The predicted molar refractivity (Wildman–Crippen MR) is 37.9 cm³/mol. The van der Waals surface area contributed by atoms with Crippen LogP contribution in [-0.4, -0.2) is 12.4 Å². The summed E-state index contributed by atoms with van der Waals surface area (Å²) in [6.45, 7) is 0. The Morgan fingerprint density at radius 2 is 1.18 bits per heavy atom. The van der Waals surface area contributed by atoms with E-state index in [9.17, 15) is 35.5 Å². The molecule has 0 saturated heterocycles. The lowest BCUT2D eigenvalue weighted by Crippen LogP contribution is -2.20. The van der Waals surface area contributed by atoms with Crippen LogP contribution in [0.2, 0.25) is 0 Å². The quantitative estimate of drug-likeness (QED) is 0.269. The molecule has 0 bridgehead atoms. The Kier molecular flexibility index (Phi) is 3.59. The molecule has 0 aliphatic carbocycles. The number of alkyl halides is 2. The molecular weight excluding hydrogens is 261 g/mol. The molecule has 9 heteroatoms. The molecule has 17 heavy (non-hydrogen) atoms. The van der Waals surface area contributed by atoms with Crippen LogP contribution in [0.4, 0.5) is 30.7 Å². The average molecular weight is 262 g/mol. The predicted octanol–water partition coefficient (Wildman–Crippen LogP) is 2.55. The van der Waals surface area contributed by atoms with Crippen LogP contribution in [0.1, 0.15) is 0 Å². The van der Waals surface area contributed by atoms with Crippen molar-refractivity contribution in [3.63, 3.8) is 0 Å². The van der Waals surface area contributed by atoms with Crippen LogP contribution >= 0.6 is 0 Å². The second-order valence-corrected chi connectivity index (χ2v) is 2.62. The molecule has 1 aromatic carbocycles. The van der Waals surface area contributed by atoms with Gasteiger partial charge in [-0.3, -0.25) is 0 Å². The maximum Gasteiger partial charge on any atom is 0.379 e. The minimum Gasteiger partial charge on any atom is -0.416 e. The normalized spacial score (nSPS) is 10.8. The summed E-state index contributed by atoms with van der Waals surface area (Å²) in [5.41, 5.74) is 0. The topological polar surface area (TPSA) is 26.3 Å². The second-order valence-electron chi connectivity index (χ2n) is 2.62. The summed E-state index contributed by atoms with van der Waals surface area (Å²) < 4.78 is 89.8. The van der Waals surface area contributed by atoms with Gasteiger partial charge in [0.1, 0.15) is 0 Å². The molecule has 0 fully saturated rings. The third-order valence-corrected chi connectivity index (χ3v) is 1.55. The summed E-state index contributed by atoms with van der Waals surface area (Å²) in [6.07, 6.45) is -3.77. The molecule has 0 unspecified atom stereocenters. The highest BCUT2D eigenvalue weighted by Gasteiger charge is 2.30. The second kappa shape index (κ2) is 4.60. The molecule has 0 aliphatic heterocycles. The minimum absolute atomic E-state index is 2.06. The lowest BCUT2D eigenvalue weighted by Gasteiger charge is -2.07. The number of esters is 1. The van der Waals surface area contributed by atoms with Crippen molar-refractivity contribution in [1.82, 2.24) is 0 Å². The molecule has 1 rings (SSSR count). The monoisotopic (exact) mass is 262 g/mol. The van der Waals surface area contributed by atoms with Crippen LogP contribution in [0, 0.1) is 29.1 Å². The maximum absolute atomic E-state index is 12.8. The first-order chi connectivity index (χ1) is 7.77. The van der Waals surface area contributed by atoms with E-state index in [-0.39, 0.29) is 0 Å². The van der Waals surface area contributed by atoms with Crippen molar-refractivity contribution >= 4 is 5.97 Å². The molecule has 0 amide bonds. The largest absolute Gasteiger partial charge is 0.416 e. The highest BCUT2D eigenvalue weighted by atomic mass is 19.3. The van der Waals surface area contributed by atoms with Gasteiger partial charge >= 0.3 is 12.4 Å². The third-order valence-electron chi connectivity index (χ3n) is 1.55. The number of carbonyl (C=O) groups excluding carboxylic acids is 1. The first-order valence-corrected chi connectivity index (χ1v) is 3.78. The van der Waals surface area contributed by atoms with Crippen molar-refractivity contribution in [3.05, 3.63) is 29.1 Å². The number of rotatable bonds is 2. The molecule has 0 radical (unpaired) electrons. The summed E-state index contributed by atoms with van der Waals surface area (Å²) in [4.78, 5) is 10.3. The number of hydrogen-bond acceptors (Lipinski definition) is 2. The van der Waals surface area contributed by atoms with E-state index in [4.69, 9.17) is 0 Å². The molecule has 0 aromatic heterocycles. The van der Waals surface area contributed by atoms with Crippen molar-refractivity contribution in [2.45, 2.75) is 6.43 Å². The van der Waals surface area contributed by atoms with Crippen LogP contribution in [0.3, 0.4) is 0 Å². The van der Waals surface area contributed by atoms with E-state index < -0.39 is 47.2 Å². The maximum atomic E-state index is 12.8. The van der Waals surface area contributed by atoms with E-state index in [2.05, 4.69) is 4.74 Å². The highest BCUT2D eigenvalue weighted by molar-refractivity contribution is 5.75. The molecule has 0 heterocycles. The van der Waals surface area contributed by atoms with Gasteiger partial charge in [-0.1, -0.05) is 0 Å². The number of ether oxygens (including phenoxy) is 1. The van der Waals surface area contributed by atoms with Crippen molar-refractivity contribution in [1.29, 1.82) is 0 Å². The van der Waals surface area contributed by atoms with E-state index >= 15 is 0 Å². The van der Waals surface area contributed by atoms with Crippen molar-refractivity contribution in [2.75, 3.05) is 0 Å². The van der Waals surface area contributed by atoms with Gasteiger partial charge in [0, 0.05) is 0 Å². The Hall–Kier alpha value is -1.80. The zero-order chi connectivity index (χ0) is 13.3. The van der Waals surface area contributed by atoms with Crippen molar-refractivity contribution < 1.29 is 40.3 Å². The van der Waals surface area contributed by atoms with Gasteiger partial charge in [-0.05, 0) is 0 Å². The zero-order valence-electron chi connectivity index (χ0n) is 7.54. The Bertz CT molecular complexity index is 442. The summed E-state index contributed by atoms with van der Waals surface area (Å²) in [6, 6.07) is 0. The lowest BCUT2D eigenvalue weighted by atomic mass is 10.2. The van der Waals surface area contributed by atoms with Gasteiger partial charge < -0.3 is 4.74 Å². The number of carbonyl (C=O) groups is 1. The molecule has 0 aliphatic rings. The Labute approximate surface area is 88.6 Å². The van der Waals surface area contributed by atoms with Crippen LogP contribution in [0.15, 0.2) is 0 Å². The fraction of sp³-hybridized carbons (Fsp3) is 0.125. The highest BCUT2D eigenvalue weighted by Crippen LogP contribution is 2.29. The summed E-state index contributed by atoms with van der Waals surface area (Å²) in [5.74, 6) is -16.8. The van der Waals surface area contributed by atoms with E-state index in [1.165, 1.54) is 0 Å². The Morgan fingerprint density at radius 1 is 0.824 bits per heavy atom. The fourth-order valence-corrected chi connectivity index (χ4v) is 0.820. The molecular formula is C8HF7O2. The zero-order valence-corrected chi connectivity index (χ0v) is 7.54. The number of halogens is 7. The smallest absolute Gasteiger partial charge is 0.379 e. The standard InChI is InChI=1S/C8HF7O2/c9-1-2(10)4(12)6(5(13)3(1)11)17-8(16)7(14)15/h7H. The van der Waals surface area contributed by atoms with Gasteiger partial charge in [0.15, 0.2) is 0 Å². The number of hydrogen-bond donors (Lipinski definition) is 0. The van der Waals surface area contributed by atoms with Gasteiger partial charge in [-0.25, -0.2) is 18.0 Å². The van der Waals surface area contributed by atoms with Crippen molar-refractivity contribution in [2.24, 2.45) is 0 Å². The lowest BCUT2D eigenvalue weighted by molar-refractivity contribution is -0.146. The van der Waals surface area contributed by atoms with Gasteiger partial charge in [0.2, 0.25) is 34.8 Å². The first-order valence-electron chi connectivity index (χ1n) is 3.78. The Morgan fingerprint density at radius 3 is 1.53 bits per heavy atom. The molecule has 0 spiro atoms. The van der Waals surface area contributed by atoms with Gasteiger partial charge in [-0.15, -0.1) is 0 Å². The third kappa shape index (κ3) is 2.32. The van der Waals surface area contributed by atoms with E-state index in [0.29, 0.717) is 0 Å². The average Bonchev–Trinajstić information content (AvgIpc) is 2.29. The SMILES string of the molecule is O=C(Oc1c(F)c(F)c(F)c(F)c1F)C(F)F. The van der Waals surface area contributed by atoms with Crippen LogP contribution < -0.4 is 4.74 Å². The Balaban J connectivity index is 3.30. The molecule has 0 saturated carbocycles. The molecule has 94 valence electrons. The molecule has 2 nitrogen and oxygen atoms in total. The minimum atomic E-state index is -3.77. The van der Waals surface area contributed by atoms with Crippen LogP contribution in [0.5, 0.6) is 5.75 Å². The molecule has 0 atom stereocenters. The van der Waals surface area contributed by atoms with Crippen LogP contribution in [0.25, 0.3) is 0 Å². The van der Waals surface area contributed by atoms with Gasteiger partial charge in [0.05, 0.1) is 0 Å². The van der Waals surface area contributed by atoms with E-state index in [1.807, 2.05) is 0 Å². The first kappa shape index (κ1) is 13.3. The fourth-order valence-electron chi connectivity index (χ4n) is 0.820. The summed E-state index contributed by atoms with van der Waals surface area (Å²) in [7, 11) is 0. The van der Waals surface area contributed by atoms with Crippen molar-refractivity contribution in [3.8, 4) is 5.75 Å². The summed E-state index contributed by atoms with van der Waals surface area (Å²) in [5, 5.41) is 0. The summed E-state index contributed by atoms with van der Waals surface area (Å²) >= 11 is 0. The molecule has 0 N–H and O–H groups in total.